The molecule has 0 aromatic heterocycles. The fourth-order valence-corrected chi connectivity index (χ4v) is 3.91. The highest BCUT2D eigenvalue weighted by Gasteiger charge is 2.28. The van der Waals surface area contributed by atoms with Crippen LogP contribution in [-0.2, 0) is 10.0 Å². The molecule has 2 rings (SSSR count). The average molecular weight is 312 g/mol. The number of hydrogen-bond donors (Lipinski definition) is 1. The van der Waals surface area contributed by atoms with Crippen molar-refractivity contribution >= 4 is 22.4 Å². The molecule has 0 spiro atoms. The largest absolute Gasteiger partial charge is 0.314 e. The molecule has 0 bridgehead atoms. The third-order valence-electron chi connectivity index (χ3n) is 4.08. The Hall–Kier alpha value is 0.120. The van der Waals surface area contributed by atoms with Crippen LogP contribution in [0.2, 0.25) is 0 Å². The minimum absolute atomic E-state index is 0. The molecule has 1 unspecified atom stereocenters. The summed E-state index contributed by atoms with van der Waals surface area (Å²) < 4.78 is 24.8. The van der Waals surface area contributed by atoms with Gasteiger partial charge in [0.05, 0.1) is 6.26 Å². The summed E-state index contributed by atoms with van der Waals surface area (Å²) in [4.78, 5) is 2.49. The number of halogens is 1. The van der Waals surface area contributed by atoms with Gasteiger partial charge in [0.2, 0.25) is 10.0 Å². The molecule has 2 heterocycles. The van der Waals surface area contributed by atoms with Crippen LogP contribution in [0.3, 0.4) is 0 Å². The third-order valence-corrected chi connectivity index (χ3v) is 5.35. The molecule has 0 amide bonds. The molecule has 0 aromatic rings. The van der Waals surface area contributed by atoms with Crippen LogP contribution in [-0.4, -0.2) is 69.2 Å². The lowest BCUT2D eigenvalue weighted by Crippen LogP contribution is -2.52. The first-order chi connectivity index (χ1) is 8.47. The molecule has 19 heavy (non-hydrogen) atoms. The summed E-state index contributed by atoms with van der Waals surface area (Å²) >= 11 is 0. The summed E-state index contributed by atoms with van der Waals surface area (Å²) in [5, 5.41) is 3.39. The van der Waals surface area contributed by atoms with Crippen molar-refractivity contribution in [2.45, 2.75) is 25.8 Å². The molecule has 2 fully saturated rings. The SMILES string of the molecule is C[C@@H]1CNCCN1CC1CCCN(S(C)(=O)=O)C1.Cl. The van der Waals surface area contributed by atoms with E-state index in [1.165, 1.54) is 6.26 Å². The number of piperazine rings is 1. The van der Waals surface area contributed by atoms with E-state index in [-0.39, 0.29) is 12.4 Å². The van der Waals surface area contributed by atoms with Gasteiger partial charge in [0, 0.05) is 45.3 Å². The molecule has 1 N–H and O–H groups in total. The molecule has 2 aliphatic heterocycles. The summed E-state index contributed by atoms with van der Waals surface area (Å²) in [7, 11) is -3.01. The van der Waals surface area contributed by atoms with Crippen molar-refractivity contribution in [3.8, 4) is 0 Å². The molecule has 2 aliphatic rings. The van der Waals surface area contributed by atoms with Gasteiger partial charge >= 0.3 is 0 Å². The van der Waals surface area contributed by atoms with E-state index in [2.05, 4.69) is 17.1 Å². The van der Waals surface area contributed by atoms with Crippen molar-refractivity contribution in [1.29, 1.82) is 0 Å². The average Bonchev–Trinajstić information content (AvgIpc) is 2.31. The van der Waals surface area contributed by atoms with Crippen LogP contribution >= 0.6 is 12.4 Å². The van der Waals surface area contributed by atoms with Gasteiger partial charge in [-0.05, 0) is 25.7 Å². The predicted octanol–water partition coefficient (Wildman–Crippen LogP) is 0.374. The Morgan fingerprint density at radius 1 is 1.32 bits per heavy atom. The summed E-state index contributed by atoms with van der Waals surface area (Å²) in [5.41, 5.74) is 0. The van der Waals surface area contributed by atoms with Gasteiger partial charge in [0.15, 0.2) is 0 Å². The fourth-order valence-electron chi connectivity index (χ4n) is 2.96. The first-order valence-electron chi connectivity index (χ1n) is 6.86. The number of rotatable bonds is 3. The van der Waals surface area contributed by atoms with Crippen molar-refractivity contribution in [1.82, 2.24) is 14.5 Å². The van der Waals surface area contributed by atoms with Gasteiger partial charge < -0.3 is 5.32 Å². The van der Waals surface area contributed by atoms with Gasteiger partial charge in [0.25, 0.3) is 0 Å². The summed E-state index contributed by atoms with van der Waals surface area (Å²) in [6.07, 6.45) is 3.48. The van der Waals surface area contributed by atoms with Crippen LogP contribution in [0.1, 0.15) is 19.8 Å². The van der Waals surface area contributed by atoms with Gasteiger partial charge in [-0.15, -0.1) is 12.4 Å². The minimum Gasteiger partial charge on any atom is -0.314 e. The molecule has 2 atom stereocenters. The number of piperidine rings is 1. The standard InChI is InChI=1S/C12H25N3O2S.ClH/c1-11-8-13-5-7-14(11)9-12-4-3-6-15(10-12)18(2,16)17;/h11-13H,3-10H2,1-2H3;1H/t11-,12?;/m1./s1. The van der Waals surface area contributed by atoms with E-state index in [0.717, 1.165) is 39.0 Å². The van der Waals surface area contributed by atoms with Gasteiger partial charge in [-0.1, -0.05) is 0 Å². The monoisotopic (exact) mass is 311 g/mol. The van der Waals surface area contributed by atoms with Gasteiger partial charge in [-0.25, -0.2) is 12.7 Å². The molecule has 0 saturated carbocycles. The van der Waals surface area contributed by atoms with Gasteiger partial charge in [-0.2, -0.15) is 0 Å². The van der Waals surface area contributed by atoms with E-state index in [1.807, 2.05) is 0 Å². The second-order valence-corrected chi connectivity index (χ2v) is 7.66. The number of nitrogens with zero attached hydrogens (tertiary/aromatic N) is 2. The van der Waals surface area contributed by atoms with E-state index in [1.54, 1.807) is 4.31 Å². The van der Waals surface area contributed by atoms with Crippen molar-refractivity contribution in [2.75, 3.05) is 45.5 Å². The molecular formula is C12H26ClN3O2S. The normalized spacial score (nSPS) is 30.8. The van der Waals surface area contributed by atoms with Crippen molar-refractivity contribution < 1.29 is 8.42 Å². The van der Waals surface area contributed by atoms with Crippen LogP contribution in [0.25, 0.3) is 0 Å². The van der Waals surface area contributed by atoms with E-state index < -0.39 is 10.0 Å². The number of sulfonamides is 1. The number of hydrogen-bond acceptors (Lipinski definition) is 4. The van der Waals surface area contributed by atoms with Crippen LogP contribution in [0.15, 0.2) is 0 Å². The first kappa shape index (κ1) is 17.2. The zero-order valence-corrected chi connectivity index (χ0v) is 13.5. The maximum absolute atomic E-state index is 11.6. The molecule has 114 valence electrons. The Balaban J connectivity index is 0.00000180. The lowest BCUT2D eigenvalue weighted by atomic mass is 9.98. The quantitative estimate of drug-likeness (QED) is 0.818. The van der Waals surface area contributed by atoms with Gasteiger partial charge in [0.1, 0.15) is 0 Å². The highest BCUT2D eigenvalue weighted by atomic mass is 35.5. The number of nitrogens with one attached hydrogen (secondary N) is 1. The smallest absolute Gasteiger partial charge is 0.211 e. The van der Waals surface area contributed by atoms with Crippen molar-refractivity contribution in [3.63, 3.8) is 0 Å². The lowest BCUT2D eigenvalue weighted by Gasteiger charge is -2.39. The molecule has 0 aromatic carbocycles. The Labute approximate surface area is 123 Å². The molecule has 2 saturated heterocycles. The second kappa shape index (κ2) is 7.22. The Bertz CT molecular complexity index is 377. The molecule has 5 nitrogen and oxygen atoms in total. The molecule has 0 radical (unpaired) electrons. The maximum atomic E-state index is 11.6. The summed E-state index contributed by atoms with van der Waals surface area (Å²) in [5.74, 6) is 0.494. The van der Waals surface area contributed by atoms with Crippen molar-refractivity contribution in [3.05, 3.63) is 0 Å². The van der Waals surface area contributed by atoms with E-state index in [9.17, 15) is 8.42 Å². The van der Waals surface area contributed by atoms with Crippen LogP contribution < -0.4 is 5.32 Å². The molecule has 7 heteroatoms. The van der Waals surface area contributed by atoms with E-state index in [4.69, 9.17) is 0 Å². The summed E-state index contributed by atoms with van der Waals surface area (Å²) in [6, 6.07) is 0.562. The maximum Gasteiger partial charge on any atom is 0.211 e. The molecular weight excluding hydrogens is 286 g/mol. The van der Waals surface area contributed by atoms with E-state index >= 15 is 0 Å². The Morgan fingerprint density at radius 3 is 2.68 bits per heavy atom. The third kappa shape index (κ3) is 4.86. The van der Waals surface area contributed by atoms with Crippen LogP contribution in [0.4, 0.5) is 0 Å². The zero-order valence-electron chi connectivity index (χ0n) is 11.8. The minimum atomic E-state index is -3.01. The predicted molar refractivity (Wildman–Crippen MR) is 80.3 cm³/mol. The first-order valence-corrected chi connectivity index (χ1v) is 8.71. The highest BCUT2D eigenvalue weighted by molar-refractivity contribution is 7.88. The van der Waals surface area contributed by atoms with Crippen LogP contribution in [0.5, 0.6) is 0 Å². The Kier molecular flexibility index (Phi) is 6.53. The van der Waals surface area contributed by atoms with Crippen LogP contribution in [0, 0.1) is 5.92 Å². The second-order valence-electron chi connectivity index (χ2n) is 5.68. The topological polar surface area (TPSA) is 52.6 Å². The molecule has 0 aliphatic carbocycles. The van der Waals surface area contributed by atoms with Crippen molar-refractivity contribution in [2.24, 2.45) is 5.92 Å². The fraction of sp³-hybridized carbons (Fsp3) is 1.00. The Morgan fingerprint density at radius 2 is 2.05 bits per heavy atom. The van der Waals surface area contributed by atoms with E-state index in [0.29, 0.717) is 25.0 Å². The lowest BCUT2D eigenvalue weighted by molar-refractivity contribution is 0.124. The van der Waals surface area contributed by atoms with Gasteiger partial charge in [-0.3, -0.25) is 4.90 Å². The zero-order chi connectivity index (χ0) is 13.2. The summed E-state index contributed by atoms with van der Waals surface area (Å²) in [6.45, 7) is 7.85. The highest BCUT2D eigenvalue weighted by Crippen LogP contribution is 2.20.